The number of anilines is 2. The number of fused-ring (bicyclic) bond motifs is 2. The molecule has 0 spiro atoms. The molecule has 9 heteroatoms. The molecule has 9 nitrogen and oxygen atoms in total. The number of rotatable bonds is 3. The smallest absolute Gasteiger partial charge is 0.414 e. The first-order valence-electron chi connectivity index (χ1n) is 8.78. The van der Waals surface area contributed by atoms with Crippen LogP contribution in [0.25, 0.3) is 21.9 Å². The minimum atomic E-state index is -0.411. The van der Waals surface area contributed by atoms with Gasteiger partial charge in [-0.25, -0.2) is 9.78 Å². The van der Waals surface area contributed by atoms with Crippen LogP contribution in [0.1, 0.15) is 10.6 Å². The second-order valence-electron chi connectivity index (χ2n) is 6.47. The summed E-state index contributed by atoms with van der Waals surface area (Å²) in [5, 5.41) is 7.92. The van der Waals surface area contributed by atoms with Gasteiger partial charge in [0.1, 0.15) is 6.61 Å². The van der Waals surface area contributed by atoms with Crippen molar-refractivity contribution in [3.05, 3.63) is 48.3 Å². The molecule has 1 aliphatic rings. The Hall–Kier alpha value is -3.88. The Bertz CT molecular complexity index is 1210. The molecule has 0 saturated carbocycles. The second kappa shape index (κ2) is 6.08. The van der Waals surface area contributed by atoms with Crippen LogP contribution in [0.3, 0.4) is 0 Å². The van der Waals surface area contributed by atoms with Gasteiger partial charge in [0.2, 0.25) is 0 Å². The van der Waals surface area contributed by atoms with Gasteiger partial charge in [-0.05, 0) is 24.3 Å². The predicted octanol–water partition coefficient (Wildman–Crippen LogP) is 2.66. The Morgan fingerprint density at radius 3 is 2.86 bits per heavy atom. The van der Waals surface area contributed by atoms with Crippen molar-refractivity contribution in [3.8, 4) is 0 Å². The molecule has 2 aromatic heterocycles. The fourth-order valence-corrected chi connectivity index (χ4v) is 3.45. The van der Waals surface area contributed by atoms with Crippen LogP contribution >= 0.6 is 0 Å². The molecule has 1 aliphatic heterocycles. The molecule has 1 saturated heterocycles. The molecule has 0 unspecified atom stereocenters. The van der Waals surface area contributed by atoms with E-state index in [-0.39, 0.29) is 5.82 Å². The Morgan fingerprint density at radius 1 is 1.21 bits per heavy atom. The number of carbonyl (C=O) groups is 2. The summed E-state index contributed by atoms with van der Waals surface area (Å²) in [7, 11) is 1.78. The van der Waals surface area contributed by atoms with Crippen LogP contribution in [0.2, 0.25) is 0 Å². The summed E-state index contributed by atoms with van der Waals surface area (Å²) in [5.41, 5.74) is 2.92. The highest BCUT2D eigenvalue weighted by Crippen LogP contribution is 2.34. The number of H-pyrrole nitrogens is 1. The molecule has 2 N–H and O–H groups in total. The van der Waals surface area contributed by atoms with E-state index in [1.165, 1.54) is 0 Å². The number of para-hydroxylation sites is 2. The van der Waals surface area contributed by atoms with Crippen molar-refractivity contribution in [2.75, 3.05) is 23.4 Å². The molecule has 0 radical (unpaired) electrons. The van der Waals surface area contributed by atoms with Crippen LogP contribution in [-0.2, 0) is 11.8 Å². The van der Waals surface area contributed by atoms with Crippen molar-refractivity contribution in [1.82, 2.24) is 19.7 Å². The van der Waals surface area contributed by atoms with Crippen molar-refractivity contribution in [2.24, 2.45) is 7.05 Å². The van der Waals surface area contributed by atoms with Crippen molar-refractivity contribution in [1.29, 1.82) is 0 Å². The van der Waals surface area contributed by atoms with Gasteiger partial charge in [-0.1, -0.05) is 18.2 Å². The number of cyclic esters (lactones) is 1. The first kappa shape index (κ1) is 16.3. The van der Waals surface area contributed by atoms with Crippen LogP contribution in [-0.4, -0.2) is 44.9 Å². The quantitative estimate of drug-likeness (QED) is 0.572. The number of aromatic nitrogens is 4. The van der Waals surface area contributed by atoms with Crippen LogP contribution in [0.15, 0.2) is 42.5 Å². The summed E-state index contributed by atoms with van der Waals surface area (Å²) in [6.07, 6.45) is -0.411. The number of nitrogens with zero attached hydrogens (tertiary/aromatic N) is 4. The number of hydrogen-bond acceptors (Lipinski definition) is 5. The normalized spacial score (nSPS) is 14.0. The van der Waals surface area contributed by atoms with E-state index in [0.29, 0.717) is 35.6 Å². The van der Waals surface area contributed by atoms with Gasteiger partial charge in [-0.3, -0.25) is 14.4 Å². The molecular formula is C19H16N6O3. The SMILES string of the molecule is Cn1nc(NC(=O)c2nc3ccccc3[nH]2)c2c(N3CCOC3=O)cccc21. The average molecular weight is 376 g/mol. The standard InChI is InChI=1S/C19H16N6O3/c1-24-13-7-4-8-14(25-9-10-28-19(25)27)15(13)16(23-24)22-18(26)17-20-11-5-2-3-6-12(11)21-17/h2-8H,9-10H2,1H3,(H,20,21)(H,22,23,26). The number of imidazole rings is 1. The summed E-state index contributed by atoms with van der Waals surface area (Å²) < 4.78 is 6.72. The third-order valence-corrected chi connectivity index (χ3v) is 4.74. The first-order valence-corrected chi connectivity index (χ1v) is 8.78. The highest BCUT2D eigenvalue weighted by molar-refractivity contribution is 6.12. The number of benzene rings is 2. The van der Waals surface area contributed by atoms with Gasteiger partial charge in [0.25, 0.3) is 5.91 Å². The van der Waals surface area contributed by atoms with Crippen LogP contribution in [0.5, 0.6) is 0 Å². The Balaban J connectivity index is 1.57. The van der Waals surface area contributed by atoms with Crippen LogP contribution < -0.4 is 10.2 Å². The zero-order valence-electron chi connectivity index (χ0n) is 15.0. The number of aryl methyl sites for hydroxylation is 1. The molecule has 3 heterocycles. The molecular weight excluding hydrogens is 360 g/mol. The van der Waals surface area contributed by atoms with Gasteiger partial charge < -0.3 is 15.0 Å². The van der Waals surface area contributed by atoms with Crippen molar-refractivity contribution in [2.45, 2.75) is 0 Å². The number of carbonyl (C=O) groups excluding carboxylic acids is 2. The van der Waals surface area contributed by atoms with Crippen LogP contribution in [0, 0.1) is 0 Å². The van der Waals surface area contributed by atoms with E-state index >= 15 is 0 Å². The third-order valence-electron chi connectivity index (χ3n) is 4.74. The number of amides is 2. The molecule has 140 valence electrons. The average Bonchev–Trinajstić information content (AvgIpc) is 3.39. The molecule has 4 aromatic rings. The molecule has 5 rings (SSSR count). The third kappa shape index (κ3) is 2.48. The minimum absolute atomic E-state index is 0.193. The van der Waals surface area contributed by atoms with Gasteiger partial charge in [0, 0.05) is 7.05 Å². The Morgan fingerprint density at radius 2 is 2.07 bits per heavy atom. The fourth-order valence-electron chi connectivity index (χ4n) is 3.45. The van der Waals surface area contributed by atoms with Gasteiger partial charge in [0.15, 0.2) is 11.6 Å². The molecule has 0 atom stereocenters. The lowest BCUT2D eigenvalue weighted by molar-refractivity contribution is 0.101. The van der Waals surface area contributed by atoms with Crippen LogP contribution in [0.4, 0.5) is 16.3 Å². The van der Waals surface area contributed by atoms with E-state index in [1.54, 1.807) is 16.6 Å². The number of aromatic amines is 1. The van der Waals surface area contributed by atoms with E-state index in [0.717, 1.165) is 11.0 Å². The maximum absolute atomic E-state index is 12.8. The maximum Gasteiger partial charge on any atom is 0.414 e. The zero-order chi connectivity index (χ0) is 19.3. The van der Waals surface area contributed by atoms with Crippen molar-refractivity contribution in [3.63, 3.8) is 0 Å². The minimum Gasteiger partial charge on any atom is -0.447 e. The second-order valence-corrected chi connectivity index (χ2v) is 6.47. The van der Waals surface area contributed by atoms with E-state index in [4.69, 9.17) is 4.74 Å². The molecule has 2 aromatic carbocycles. The lowest BCUT2D eigenvalue weighted by Crippen LogP contribution is -2.23. The molecule has 0 aliphatic carbocycles. The molecule has 28 heavy (non-hydrogen) atoms. The van der Waals surface area contributed by atoms with E-state index < -0.39 is 12.0 Å². The van der Waals surface area contributed by atoms with Gasteiger partial charge in [-0.2, -0.15) is 5.10 Å². The van der Waals surface area contributed by atoms with Gasteiger partial charge >= 0.3 is 6.09 Å². The molecule has 2 amide bonds. The Labute approximate surface area is 158 Å². The fraction of sp³-hybridized carbons (Fsp3) is 0.158. The van der Waals surface area contributed by atoms with Crippen molar-refractivity contribution < 1.29 is 14.3 Å². The topological polar surface area (TPSA) is 105 Å². The van der Waals surface area contributed by atoms with E-state index in [2.05, 4.69) is 20.4 Å². The highest BCUT2D eigenvalue weighted by atomic mass is 16.6. The predicted molar refractivity (Wildman–Crippen MR) is 103 cm³/mol. The number of nitrogens with one attached hydrogen (secondary N) is 2. The summed E-state index contributed by atoms with van der Waals surface area (Å²) in [4.78, 5) is 33.7. The van der Waals surface area contributed by atoms with E-state index in [9.17, 15) is 9.59 Å². The van der Waals surface area contributed by atoms with Crippen molar-refractivity contribution >= 4 is 45.4 Å². The summed E-state index contributed by atoms with van der Waals surface area (Å²) in [6.45, 7) is 0.778. The first-order chi connectivity index (χ1) is 13.6. The number of hydrogen-bond donors (Lipinski definition) is 2. The number of ether oxygens (including phenoxy) is 1. The molecule has 1 fully saturated rings. The summed E-state index contributed by atoms with van der Waals surface area (Å²) in [5.74, 6) is 0.145. The lowest BCUT2D eigenvalue weighted by atomic mass is 10.2. The monoisotopic (exact) mass is 376 g/mol. The Kier molecular flexibility index (Phi) is 3.54. The van der Waals surface area contributed by atoms with E-state index in [1.807, 2.05) is 42.5 Å². The summed E-state index contributed by atoms with van der Waals surface area (Å²) >= 11 is 0. The highest BCUT2D eigenvalue weighted by Gasteiger charge is 2.28. The lowest BCUT2D eigenvalue weighted by Gasteiger charge is -2.14. The maximum atomic E-state index is 12.8. The summed E-state index contributed by atoms with van der Waals surface area (Å²) in [6, 6.07) is 12.9. The van der Waals surface area contributed by atoms with Gasteiger partial charge in [-0.15, -0.1) is 0 Å². The zero-order valence-corrected chi connectivity index (χ0v) is 15.0. The largest absolute Gasteiger partial charge is 0.447 e. The molecule has 0 bridgehead atoms. The van der Waals surface area contributed by atoms with Gasteiger partial charge in [0.05, 0.1) is 34.2 Å².